The van der Waals surface area contributed by atoms with E-state index in [0.717, 1.165) is 12.1 Å². The predicted octanol–water partition coefficient (Wildman–Crippen LogP) is 4.28. The maximum Gasteiger partial charge on any atom is 0.230 e. The van der Waals surface area contributed by atoms with Gasteiger partial charge in [0.05, 0.1) is 0 Å². The molecule has 3 heteroatoms. The van der Waals surface area contributed by atoms with Crippen LogP contribution in [0.4, 0.5) is 5.69 Å². The number of hydrogen-bond donors (Lipinski definition) is 1. The second kappa shape index (κ2) is 4.49. The number of amides is 1. The van der Waals surface area contributed by atoms with Crippen LogP contribution in [0.2, 0.25) is 0 Å². The zero-order chi connectivity index (χ0) is 12.5. The first-order valence-corrected chi connectivity index (χ1v) is 6.69. The van der Waals surface area contributed by atoms with E-state index in [9.17, 15) is 4.79 Å². The molecule has 17 heavy (non-hydrogen) atoms. The van der Waals surface area contributed by atoms with Crippen molar-refractivity contribution in [1.82, 2.24) is 0 Å². The van der Waals surface area contributed by atoms with Gasteiger partial charge in [-0.05, 0) is 41.5 Å². The molecule has 1 amide bonds. The summed E-state index contributed by atoms with van der Waals surface area (Å²) in [4.78, 5) is 12.0. The molecule has 0 fully saturated rings. The molecule has 1 N–H and O–H groups in total. The fourth-order valence-corrected chi connectivity index (χ4v) is 2.28. The third kappa shape index (κ3) is 2.50. The van der Waals surface area contributed by atoms with Gasteiger partial charge in [-0.2, -0.15) is 0 Å². The van der Waals surface area contributed by atoms with Gasteiger partial charge in [-0.3, -0.25) is 4.79 Å². The first-order chi connectivity index (χ1) is 8.03. The standard InChI is InChI=1S/C14H17NOS/c1-4-14(2,3)13(16)15-11-5-6-12-10(9-11)7-8-17-12/h5-9H,4H2,1-3H3,(H,15,16). The van der Waals surface area contributed by atoms with E-state index in [0.29, 0.717) is 0 Å². The summed E-state index contributed by atoms with van der Waals surface area (Å²) in [5, 5.41) is 6.22. The summed E-state index contributed by atoms with van der Waals surface area (Å²) >= 11 is 1.71. The number of anilines is 1. The number of fused-ring (bicyclic) bond motifs is 1. The number of hydrogen-bond acceptors (Lipinski definition) is 2. The quantitative estimate of drug-likeness (QED) is 0.862. The van der Waals surface area contributed by atoms with Crippen molar-refractivity contribution >= 4 is 33.0 Å². The van der Waals surface area contributed by atoms with Crippen molar-refractivity contribution in [1.29, 1.82) is 0 Å². The topological polar surface area (TPSA) is 29.1 Å². The minimum Gasteiger partial charge on any atom is -0.326 e. The lowest BCUT2D eigenvalue weighted by atomic mass is 9.89. The minimum atomic E-state index is -0.316. The summed E-state index contributed by atoms with van der Waals surface area (Å²) in [5.74, 6) is 0.0783. The van der Waals surface area contributed by atoms with E-state index in [2.05, 4.69) is 22.8 Å². The molecule has 1 aromatic heterocycles. The summed E-state index contributed by atoms with van der Waals surface area (Å²) in [6.07, 6.45) is 0.833. The molecule has 0 radical (unpaired) electrons. The van der Waals surface area contributed by atoms with Gasteiger partial charge in [-0.1, -0.05) is 20.8 Å². The van der Waals surface area contributed by atoms with Crippen LogP contribution >= 0.6 is 11.3 Å². The SMILES string of the molecule is CCC(C)(C)C(=O)Nc1ccc2sccc2c1. The summed E-state index contributed by atoms with van der Waals surface area (Å²) in [6, 6.07) is 8.10. The van der Waals surface area contributed by atoms with E-state index >= 15 is 0 Å². The van der Waals surface area contributed by atoms with Crippen LogP contribution in [-0.2, 0) is 4.79 Å². The van der Waals surface area contributed by atoms with E-state index < -0.39 is 0 Å². The van der Waals surface area contributed by atoms with Gasteiger partial charge in [0.25, 0.3) is 0 Å². The molecular weight excluding hydrogens is 230 g/mol. The van der Waals surface area contributed by atoms with Gasteiger partial charge in [0.2, 0.25) is 5.91 Å². The molecule has 0 aliphatic carbocycles. The van der Waals surface area contributed by atoms with Crippen LogP contribution in [0.15, 0.2) is 29.6 Å². The van der Waals surface area contributed by atoms with Crippen LogP contribution in [0, 0.1) is 5.41 Å². The molecule has 0 aliphatic rings. The van der Waals surface area contributed by atoms with Crippen LogP contribution in [0.3, 0.4) is 0 Å². The summed E-state index contributed by atoms with van der Waals surface area (Å²) < 4.78 is 1.25. The zero-order valence-corrected chi connectivity index (χ0v) is 11.2. The Kier molecular flexibility index (Phi) is 3.20. The zero-order valence-electron chi connectivity index (χ0n) is 10.4. The van der Waals surface area contributed by atoms with Gasteiger partial charge < -0.3 is 5.32 Å². The minimum absolute atomic E-state index is 0.0783. The van der Waals surface area contributed by atoms with Crippen LogP contribution in [0.25, 0.3) is 10.1 Å². The molecule has 2 aromatic rings. The summed E-state index contributed by atoms with van der Waals surface area (Å²) in [7, 11) is 0. The highest BCUT2D eigenvalue weighted by molar-refractivity contribution is 7.17. The molecule has 90 valence electrons. The normalized spacial score (nSPS) is 11.7. The Balaban J connectivity index is 2.21. The Morgan fingerprint density at radius 1 is 1.35 bits per heavy atom. The fourth-order valence-electron chi connectivity index (χ4n) is 1.51. The molecule has 0 aliphatic heterocycles. The smallest absolute Gasteiger partial charge is 0.230 e. The van der Waals surface area contributed by atoms with Crippen LogP contribution in [0.5, 0.6) is 0 Å². The Hall–Kier alpha value is -1.35. The lowest BCUT2D eigenvalue weighted by molar-refractivity contribution is -0.124. The molecule has 0 saturated carbocycles. The highest BCUT2D eigenvalue weighted by atomic mass is 32.1. The Bertz CT molecular complexity index is 542. The van der Waals surface area contributed by atoms with Gasteiger partial charge in [-0.15, -0.1) is 11.3 Å². The average Bonchev–Trinajstić information content (AvgIpc) is 2.76. The number of thiophene rings is 1. The highest BCUT2D eigenvalue weighted by Crippen LogP contribution is 2.26. The molecule has 0 saturated heterocycles. The van der Waals surface area contributed by atoms with Crippen molar-refractivity contribution < 1.29 is 4.79 Å². The van der Waals surface area contributed by atoms with Crippen LogP contribution in [0.1, 0.15) is 27.2 Å². The molecule has 0 bridgehead atoms. The number of rotatable bonds is 3. The molecule has 0 atom stereocenters. The summed E-state index contributed by atoms with van der Waals surface area (Å²) in [6.45, 7) is 5.96. The van der Waals surface area contributed by atoms with Crippen molar-refractivity contribution in [3.63, 3.8) is 0 Å². The summed E-state index contributed by atoms with van der Waals surface area (Å²) in [5.41, 5.74) is 0.561. The molecule has 1 heterocycles. The van der Waals surface area contributed by atoms with Crippen molar-refractivity contribution in [2.45, 2.75) is 27.2 Å². The lowest BCUT2D eigenvalue weighted by Gasteiger charge is -2.21. The third-order valence-electron chi connectivity index (χ3n) is 3.21. The molecule has 0 unspecified atom stereocenters. The molecule has 2 rings (SSSR count). The average molecular weight is 247 g/mol. The Morgan fingerprint density at radius 2 is 2.12 bits per heavy atom. The Labute approximate surface area is 106 Å². The van der Waals surface area contributed by atoms with Crippen LogP contribution in [-0.4, -0.2) is 5.91 Å². The van der Waals surface area contributed by atoms with Gasteiger partial charge in [0.1, 0.15) is 0 Å². The van der Waals surface area contributed by atoms with Gasteiger partial charge in [-0.25, -0.2) is 0 Å². The molecule has 1 aromatic carbocycles. The highest BCUT2D eigenvalue weighted by Gasteiger charge is 2.25. The Morgan fingerprint density at radius 3 is 2.82 bits per heavy atom. The molecular formula is C14H17NOS. The van der Waals surface area contributed by atoms with Crippen molar-refractivity contribution in [2.24, 2.45) is 5.41 Å². The fraction of sp³-hybridized carbons (Fsp3) is 0.357. The number of nitrogens with one attached hydrogen (secondary N) is 1. The lowest BCUT2D eigenvalue weighted by Crippen LogP contribution is -2.29. The third-order valence-corrected chi connectivity index (χ3v) is 4.11. The van der Waals surface area contributed by atoms with Gasteiger partial charge >= 0.3 is 0 Å². The van der Waals surface area contributed by atoms with Gasteiger partial charge in [0, 0.05) is 15.8 Å². The van der Waals surface area contributed by atoms with Gasteiger partial charge in [0.15, 0.2) is 0 Å². The van der Waals surface area contributed by atoms with E-state index in [4.69, 9.17) is 0 Å². The molecule has 2 nitrogen and oxygen atoms in total. The van der Waals surface area contributed by atoms with Crippen molar-refractivity contribution in [3.8, 4) is 0 Å². The van der Waals surface area contributed by atoms with Crippen LogP contribution < -0.4 is 5.32 Å². The molecule has 0 spiro atoms. The second-order valence-corrected chi connectivity index (χ2v) is 5.81. The van der Waals surface area contributed by atoms with E-state index in [1.807, 2.05) is 32.9 Å². The number of carbonyl (C=O) groups excluding carboxylic acids is 1. The monoisotopic (exact) mass is 247 g/mol. The predicted molar refractivity (Wildman–Crippen MR) is 74.5 cm³/mol. The first kappa shape index (κ1) is 12.1. The van der Waals surface area contributed by atoms with Crippen molar-refractivity contribution in [3.05, 3.63) is 29.6 Å². The number of benzene rings is 1. The maximum absolute atomic E-state index is 12.0. The number of carbonyl (C=O) groups is 1. The van der Waals surface area contributed by atoms with E-state index in [-0.39, 0.29) is 11.3 Å². The second-order valence-electron chi connectivity index (χ2n) is 4.86. The largest absolute Gasteiger partial charge is 0.326 e. The van der Waals surface area contributed by atoms with E-state index in [1.165, 1.54) is 10.1 Å². The maximum atomic E-state index is 12.0. The first-order valence-electron chi connectivity index (χ1n) is 5.81. The van der Waals surface area contributed by atoms with E-state index in [1.54, 1.807) is 11.3 Å². The van der Waals surface area contributed by atoms with Crippen molar-refractivity contribution in [2.75, 3.05) is 5.32 Å².